The zero-order valence-electron chi connectivity index (χ0n) is 16.2. The fourth-order valence-corrected chi connectivity index (χ4v) is 3.24. The highest BCUT2D eigenvalue weighted by Crippen LogP contribution is 2.23. The minimum Gasteiger partial charge on any atom is -0.497 e. The summed E-state index contributed by atoms with van der Waals surface area (Å²) in [5.41, 5.74) is 4.04. The number of fused-ring (bicyclic) bond motifs is 1. The Bertz CT molecular complexity index is 1240. The van der Waals surface area contributed by atoms with Crippen LogP contribution in [-0.4, -0.2) is 17.1 Å². The summed E-state index contributed by atoms with van der Waals surface area (Å²) in [4.78, 5) is 7.70. The number of methoxy groups -OCH3 is 1. The fraction of sp³-hybridized carbons (Fsp3) is 0.0833. The van der Waals surface area contributed by atoms with Crippen LogP contribution in [0.15, 0.2) is 71.2 Å². The predicted octanol–water partition coefficient (Wildman–Crippen LogP) is 5.98. The zero-order valence-corrected chi connectivity index (χ0v) is 17.8. The van der Waals surface area contributed by atoms with E-state index in [1.165, 1.54) is 0 Å². The number of H-pyrrole nitrogens is 1. The van der Waals surface area contributed by atoms with E-state index >= 15 is 0 Å². The van der Waals surface area contributed by atoms with E-state index in [9.17, 15) is 5.26 Å². The molecule has 0 unspecified atom stereocenters. The lowest BCUT2D eigenvalue weighted by Gasteiger charge is -2.07. The number of aromatic nitrogens is 2. The number of hydrogen-bond donors (Lipinski definition) is 1. The second kappa shape index (κ2) is 8.85. The number of nitrogens with one attached hydrogen (secondary N) is 1. The van der Waals surface area contributed by atoms with Gasteiger partial charge < -0.3 is 14.5 Å². The molecule has 0 fully saturated rings. The van der Waals surface area contributed by atoms with Gasteiger partial charge in [0.25, 0.3) is 0 Å². The van der Waals surface area contributed by atoms with Crippen molar-refractivity contribution in [3.8, 4) is 17.6 Å². The highest BCUT2D eigenvalue weighted by atomic mass is 79.9. The molecule has 0 radical (unpaired) electrons. The van der Waals surface area contributed by atoms with Crippen molar-refractivity contribution < 1.29 is 9.47 Å². The Labute approximate surface area is 182 Å². The van der Waals surface area contributed by atoms with Crippen molar-refractivity contribution in [2.45, 2.75) is 6.61 Å². The van der Waals surface area contributed by atoms with E-state index in [-0.39, 0.29) is 0 Å². The van der Waals surface area contributed by atoms with Gasteiger partial charge in [0.1, 0.15) is 30.0 Å². The highest BCUT2D eigenvalue weighted by molar-refractivity contribution is 9.10. The fourth-order valence-electron chi connectivity index (χ4n) is 2.97. The Hall–Kier alpha value is -3.56. The highest BCUT2D eigenvalue weighted by Gasteiger charge is 2.09. The molecule has 0 atom stereocenters. The first-order valence-corrected chi connectivity index (χ1v) is 10.1. The Balaban J connectivity index is 1.50. The average molecular weight is 460 g/mol. The number of benzene rings is 3. The maximum absolute atomic E-state index is 9.62. The third kappa shape index (κ3) is 4.53. The van der Waals surface area contributed by atoms with E-state index in [2.05, 4.69) is 32.0 Å². The van der Waals surface area contributed by atoms with Gasteiger partial charge in [-0.1, -0.05) is 40.2 Å². The first kappa shape index (κ1) is 19.7. The molecular weight excluding hydrogens is 442 g/mol. The molecule has 148 valence electrons. The van der Waals surface area contributed by atoms with Crippen LogP contribution in [0, 0.1) is 11.3 Å². The molecule has 1 N–H and O–H groups in total. The molecule has 1 aromatic heterocycles. The molecule has 0 aliphatic heterocycles. The summed E-state index contributed by atoms with van der Waals surface area (Å²) in [6.45, 7) is 0.494. The van der Waals surface area contributed by atoms with Crippen LogP contribution in [0.3, 0.4) is 0 Å². The molecule has 0 bridgehead atoms. The summed E-state index contributed by atoms with van der Waals surface area (Å²) in [6, 6.07) is 23.4. The van der Waals surface area contributed by atoms with Gasteiger partial charge >= 0.3 is 0 Å². The number of hydrogen-bond acceptors (Lipinski definition) is 4. The lowest BCUT2D eigenvalue weighted by molar-refractivity contribution is 0.306. The van der Waals surface area contributed by atoms with Crippen LogP contribution in [0.1, 0.15) is 17.0 Å². The van der Waals surface area contributed by atoms with Crippen LogP contribution in [-0.2, 0) is 6.61 Å². The standard InChI is InChI=1S/C24H18BrN3O2/c1-29-21-10-11-22-23(13-21)28-24(27-22)18(14-26)12-16-4-8-20(9-5-16)30-15-17-2-6-19(25)7-3-17/h2-13H,15H2,1H3,(H,27,28). The van der Waals surface area contributed by atoms with Crippen molar-refractivity contribution in [1.29, 1.82) is 5.26 Å². The third-order valence-electron chi connectivity index (χ3n) is 4.57. The summed E-state index contributed by atoms with van der Waals surface area (Å²) >= 11 is 3.43. The van der Waals surface area contributed by atoms with E-state index in [0.717, 1.165) is 38.1 Å². The van der Waals surface area contributed by atoms with Crippen molar-refractivity contribution in [2.75, 3.05) is 7.11 Å². The van der Waals surface area contributed by atoms with Gasteiger partial charge in [0.05, 0.1) is 23.7 Å². The lowest BCUT2D eigenvalue weighted by atomic mass is 10.1. The van der Waals surface area contributed by atoms with Crippen LogP contribution in [0.4, 0.5) is 0 Å². The summed E-state index contributed by atoms with van der Waals surface area (Å²) in [5, 5.41) is 9.62. The molecule has 0 spiro atoms. The maximum atomic E-state index is 9.62. The van der Waals surface area contributed by atoms with Crippen LogP contribution in [0.2, 0.25) is 0 Å². The minimum atomic E-state index is 0.452. The van der Waals surface area contributed by atoms with Crippen molar-refractivity contribution >= 4 is 38.6 Å². The van der Waals surface area contributed by atoms with Crippen molar-refractivity contribution in [2.24, 2.45) is 0 Å². The van der Waals surface area contributed by atoms with Gasteiger partial charge in [-0.25, -0.2) is 4.98 Å². The van der Waals surface area contributed by atoms with Gasteiger partial charge in [-0.05, 0) is 53.6 Å². The molecule has 1 heterocycles. The van der Waals surface area contributed by atoms with Gasteiger partial charge in [-0.2, -0.15) is 5.26 Å². The molecule has 4 rings (SSSR count). The molecule has 0 amide bonds. The third-order valence-corrected chi connectivity index (χ3v) is 5.10. The lowest BCUT2D eigenvalue weighted by Crippen LogP contribution is -1.95. The molecule has 30 heavy (non-hydrogen) atoms. The van der Waals surface area contributed by atoms with E-state index in [1.807, 2.05) is 66.7 Å². The number of imidazole rings is 1. The average Bonchev–Trinajstić information content (AvgIpc) is 3.21. The van der Waals surface area contributed by atoms with E-state index in [4.69, 9.17) is 9.47 Å². The molecule has 0 saturated heterocycles. The second-order valence-electron chi connectivity index (χ2n) is 6.62. The molecule has 5 nitrogen and oxygen atoms in total. The van der Waals surface area contributed by atoms with E-state index in [0.29, 0.717) is 18.0 Å². The summed E-state index contributed by atoms with van der Waals surface area (Å²) in [5.74, 6) is 2.03. The van der Waals surface area contributed by atoms with Gasteiger partial charge in [0.15, 0.2) is 0 Å². The van der Waals surface area contributed by atoms with Gasteiger partial charge in [-0.3, -0.25) is 0 Å². The molecule has 4 aromatic rings. The van der Waals surface area contributed by atoms with Crippen LogP contribution in [0.5, 0.6) is 11.5 Å². The Morgan fingerprint density at radius 1 is 1.07 bits per heavy atom. The Morgan fingerprint density at radius 3 is 2.50 bits per heavy atom. The number of halogens is 1. The molecule has 0 aliphatic carbocycles. The number of ether oxygens (including phenoxy) is 2. The first-order valence-electron chi connectivity index (χ1n) is 9.28. The SMILES string of the molecule is COc1ccc2nc(C(C#N)=Cc3ccc(OCc4ccc(Br)cc4)cc3)[nH]c2c1. The van der Waals surface area contributed by atoms with Crippen LogP contribution >= 0.6 is 15.9 Å². The molecule has 6 heteroatoms. The molecule has 3 aromatic carbocycles. The van der Waals surface area contributed by atoms with Crippen molar-refractivity contribution in [3.05, 3.63) is 88.2 Å². The maximum Gasteiger partial charge on any atom is 0.149 e. The van der Waals surface area contributed by atoms with Crippen molar-refractivity contribution in [1.82, 2.24) is 9.97 Å². The van der Waals surface area contributed by atoms with Crippen molar-refractivity contribution in [3.63, 3.8) is 0 Å². The van der Waals surface area contributed by atoms with E-state index in [1.54, 1.807) is 13.2 Å². The monoisotopic (exact) mass is 459 g/mol. The van der Waals surface area contributed by atoms with Gasteiger partial charge in [0.2, 0.25) is 0 Å². The number of allylic oxidation sites excluding steroid dienone is 1. The quantitative estimate of drug-likeness (QED) is 0.360. The Kier molecular flexibility index (Phi) is 5.82. The number of nitriles is 1. The minimum absolute atomic E-state index is 0.452. The van der Waals surface area contributed by atoms with Crippen LogP contribution < -0.4 is 9.47 Å². The van der Waals surface area contributed by atoms with Gasteiger partial charge in [-0.15, -0.1) is 0 Å². The molecule has 0 saturated carbocycles. The van der Waals surface area contributed by atoms with Gasteiger partial charge in [0, 0.05) is 10.5 Å². The van der Waals surface area contributed by atoms with Crippen LogP contribution in [0.25, 0.3) is 22.7 Å². The topological polar surface area (TPSA) is 70.9 Å². The van der Waals surface area contributed by atoms with E-state index < -0.39 is 0 Å². The second-order valence-corrected chi connectivity index (χ2v) is 7.54. The summed E-state index contributed by atoms with van der Waals surface area (Å²) < 4.78 is 12.1. The number of aromatic amines is 1. The summed E-state index contributed by atoms with van der Waals surface area (Å²) in [7, 11) is 1.62. The molecule has 0 aliphatic rings. The number of rotatable bonds is 6. The smallest absolute Gasteiger partial charge is 0.149 e. The zero-order chi connectivity index (χ0) is 20.9. The largest absolute Gasteiger partial charge is 0.497 e. The number of nitrogens with zero attached hydrogens (tertiary/aromatic N) is 2. The summed E-state index contributed by atoms with van der Waals surface area (Å²) in [6.07, 6.45) is 1.80. The molecular formula is C24H18BrN3O2. The normalized spacial score (nSPS) is 11.3. The Morgan fingerprint density at radius 2 is 1.80 bits per heavy atom. The predicted molar refractivity (Wildman–Crippen MR) is 121 cm³/mol. The first-order chi connectivity index (χ1) is 14.6.